The number of rotatable bonds is 11. The predicted octanol–water partition coefficient (Wildman–Crippen LogP) is 2.00. The number of thioether (sulfide) groups is 1. The van der Waals surface area contributed by atoms with Crippen LogP contribution in [0.25, 0.3) is 0 Å². The maximum absolute atomic E-state index is 12.6. The van der Waals surface area contributed by atoms with Crippen LogP contribution in [0.15, 0.2) is 53.4 Å². The Balaban J connectivity index is 1.46. The molecule has 0 radical (unpaired) electrons. The van der Waals surface area contributed by atoms with Gasteiger partial charge in [-0.3, -0.25) is 9.59 Å². The van der Waals surface area contributed by atoms with Gasteiger partial charge in [-0.1, -0.05) is 24.3 Å². The Morgan fingerprint density at radius 2 is 1.85 bits per heavy atom. The highest BCUT2D eigenvalue weighted by atomic mass is 32.2. The Morgan fingerprint density at radius 3 is 2.65 bits per heavy atom. The highest BCUT2D eigenvalue weighted by Crippen LogP contribution is 2.31. The van der Waals surface area contributed by atoms with Gasteiger partial charge in [-0.25, -0.2) is 4.79 Å². The summed E-state index contributed by atoms with van der Waals surface area (Å²) >= 11 is 1.22. The summed E-state index contributed by atoms with van der Waals surface area (Å²) in [5.74, 6) is 0.286. The number of hydrogen-bond acceptors (Lipinski definition) is 8. The molecular weight excluding hydrogens is 460 g/mol. The zero-order chi connectivity index (χ0) is 24.3. The van der Waals surface area contributed by atoms with E-state index in [2.05, 4.69) is 5.32 Å². The molecule has 0 aliphatic carbocycles. The van der Waals surface area contributed by atoms with Crippen LogP contribution in [0, 0.1) is 0 Å². The zero-order valence-corrected chi connectivity index (χ0v) is 20.0. The third-order valence-electron chi connectivity index (χ3n) is 4.89. The van der Waals surface area contributed by atoms with Crippen LogP contribution in [-0.2, 0) is 19.1 Å². The third-order valence-corrected chi connectivity index (χ3v) is 5.97. The number of benzene rings is 2. The number of para-hydroxylation sites is 2. The minimum atomic E-state index is -0.629. The predicted molar refractivity (Wildman–Crippen MR) is 126 cm³/mol. The van der Waals surface area contributed by atoms with Gasteiger partial charge in [0.25, 0.3) is 5.91 Å². The molecule has 1 N–H and O–H groups in total. The molecule has 2 aromatic rings. The van der Waals surface area contributed by atoms with E-state index in [1.54, 1.807) is 38.4 Å². The summed E-state index contributed by atoms with van der Waals surface area (Å²) in [4.78, 5) is 39.1. The van der Waals surface area contributed by atoms with Gasteiger partial charge in [0.2, 0.25) is 5.91 Å². The van der Waals surface area contributed by atoms with Gasteiger partial charge in [0.15, 0.2) is 24.2 Å². The minimum Gasteiger partial charge on any atom is -0.486 e. The van der Waals surface area contributed by atoms with E-state index >= 15 is 0 Å². The fourth-order valence-electron chi connectivity index (χ4n) is 3.12. The van der Waals surface area contributed by atoms with Crippen LogP contribution < -0.4 is 14.8 Å². The van der Waals surface area contributed by atoms with E-state index in [0.717, 1.165) is 0 Å². The number of amides is 2. The molecule has 34 heavy (non-hydrogen) atoms. The summed E-state index contributed by atoms with van der Waals surface area (Å²) in [6, 6.07) is 14.1. The summed E-state index contributed by atoms with van der Waals surface area (Å²) in [5.41, 5.74) is 0.299. The average molecular weight is 489 g/mol. The third kappa shape index (κ3) is 7.39. The van der Waals surface area contributed by atoms with Crippen LogP contribution in [0.3, 0.4) is 0 Å². The Labute approximate surface area is 202 Å². The van der Waals surface area contributed by atoms with Gasteiger partial charge in [0.1, 0.15) is 6.61 Å². The van der Waals surface area contributed by atoms with Crippen LogP contribution in [0.2, 0.25) is 0 Å². The van der Waals surface area contributed by atoms with Crippen LogP contribution >= 0.6 is 11.8 Å². The molecule has 2 aromatic carbocycles. The molecule has 182 valence electrons. The summed E-state index contributed by atoms with van der Waals surface area (Å²) in [6.07, 6.45) is -0.327. The number of carbonyl (C=O) groups excluding carboxylic acids is 3. The van der Waals surface area contributed by atoms with Crippen molar-refractivity contribution < 1.29 is 33.3 Å². The lowest BCUT2D eigenvalue weighted by atomic mass is 10.2. The lowest BCUT2D eigenvalue weighted by Gasteiger charge is -2.29. The van der Waals surface area contributed by atoms with Gasteiger partial charge in [-0.2, -0.15) is 0 Å². The Kier molecular flexibility index (Phi) is 9.60. The first kappa shape index (κ1) is 25.4. The smallest absolute Gasteiger partial charge is 0.339 e. The zero-order valence-electron chi connectivity index (χ0n) is 19.2. The van der Waals surface area contributed by atoms with Crippen molar-refractivity contribution in [2.24, 2.45) is 0 Å². The van der Waals surface area contributed by atoms with Gasteiger partial charge in [-0.05, 0) is 24.3 Å². The number of ether oxygens (including phenoxy) is 4. The largest absolute Gasteiger partial charge is 0.486 e. The number of likely N-dealkylation sites (N-methyl/N-ethyl adjacent to an activating group) is 1. The molecule has 1 atom stereocenters. The minimum absolute atomic E-state index is 0.141. The number of methoxy groups -OCH3 is 1. The highest BCUT2D eigenvalue weighted by Gasteiger charge is 2.24. The molecule has 9 nitrogen and oxygen atoms in total. The van der Waals surface area contributed by atoms with E-state index in [1.165, 1.54) is 16.7 Å². The van der Waals surface area contributed by atoms with Crippen molar-refractivity contribution in [2.75, 3.05) is 52.8 Å². The summed E-state index contributed by atoms with van der Waals surface area (Å²) in [6.45, 7) is 1.04. The normalized spacial score (nSPS) is 14.2. The molecule has 0 aromatic heterocycles. The molecule has 0 bridgehead atoms. The van der Waals surface area contributed by atoms with Crippen LogP contribution in [0.1, 0.15) is 10.4 Å². The van der Waals surface area contributed by atoms with Crippen molar-refractivity contribution in [3.63, 3.8) is 0 Å². The Morgan fingerprint density at radius 1 is 1.12 bits per heavy atom. The van der Waals surface area contributed by atoms with Gasteiger partial charge < -0.3 is 29.2 Å². The van der Waals surface area contributed by atoms with E-state index in [0.29, 0.717) is 41.7 Å². The Bertz CT molecular complexity index is 1000. The molecule has 10 heteroatoms. The maximum Gasteiger partial charge on any atom is 0.339 e. The lowest BCUT2D eigenvalue weighted by molar-refractivity contribution is -0.134. The van der Waals surface area contributed by atoms with Crippen LogP contribution in [0.4, 0.5) is 0 Å². The van der Waals surface area contributed by atoms with Crippen molar-refractivity contribution in [3.05, 3.63) is 54.1 Å². The number of nitrogens with one attached hydrogen (secondary N) is 1. The first-order valence-corrected chi connectivity index (χ1v) is 11.7. The highest BCUT2D eigenvalue weighted by molar-refractivity contribution is 8.00. The maximum atomic E-state index is 12.6. The topological polar surface area (TPSA) is 103 Å². The summed E-state index contributed by atoms with van der Waals surface area (Å²) < 4.78 is 21.7. The molecule has 1 heterocycles. The SMILES string of the molecule is COCCNC(=O)CSc1ccccc1C(=O)OCC(=O)N(C)C[C@H]1COc2ccccc2O1. The van der Waals surface area contributed by atoms with Gasteiger partial charge >= 0.3 is 5.97 Å². The van der Waals surface area contributed by atoms with Crippen LogP contribution in [-0.4, -0.2) is 81.6 Å². The number of nitrogens with zero attached hydrogens (tertiary/aromatic N) is 1. The first-order valence-electron chi connectivity index (χ1n) is 10.7. The molecule has 1 aliphatic rings. The Hall–Kier alpha value is -3.24. The van der Waals surface area contributed by atoms with Gasteiger partial charge in [-0.15, -0.1) is 11.8 Å². The lowest BCUT2D eigenvalue weighted by Crippen LogP contribution is -2.43. The summed E-state index contributed by atoms with van der Waals surface area (Å²) in [5, 5.41) is 2.72. The first-order chi connectivity index (χ1) is 16.5. The van der Waals surface area contributed by atoms with E-state index in [1.807, 2.05) is 24.3 Å². The number of carbonyl (C=O) groups is 3. The fourth-order valence-corrected chi connectivity index (χ4v) is 3.99. The number of hydrogen-bond donors (Lipinski definition) is 1. The molecule has 0 spiro atoms. The van der Waals surface area contributed by atoms with Gasteiger partial charge in [0, 0.05) is 25.6 Å². The quantitative estimate of drug-likeness (QED) is 0.291. The molecule has 0 saturated carbocycles. The summed E-state index contributed by atoms with van der Waals surface area (Å²) in [7, 11) is 3.18. The van der Waals surface area contributed by atoms with Crippen molar-refractivity contribution >= 4 is 29.5 Å². The van der Waals surface area contributed by atoms with Crippen molar-refractivity contribution in [1.29, 1.82) is 0 Å². The molecule has 2 amide bonds. The standard InChI is InChI=1S/C24H28N2O7S/c1-26(13-17-14-31-19-8-4-5-9-20(19)33-17)23(28)15-32-24(29)18-7-3-6-10-21(18)34-16-22(27)25-11-12-30-2/h3-10,17H,11-16H2,1-2H3,(H,25,27)/t17-/m0/s1. The van der Waals surface area contributed by atoms with E-state index in [9.17, 15) is 14.4 Å². The van der Waals surface area contributed by atoms with E-state index in [4.69, 9.17) is 18.9 Å². The monoisotopic (exact) mass is 488 g/mol. The molecule has 0 unspecified atom stereocenters. The second-order valence-electron chi connectivity index (χ2n) is 7.48. The number of esters is 1. The van der Waals surface area contributed by atoms with Crippen LogP contribution in [0.5, 0.6) is 11.5 Å². The van der Waals surface area contributed by atoms with Crippen molar-refractivity contribution in [1.82, 2.24) is 10.2 Å². The number of fused-ring (bicyclic) bond motifs is 1. The second-order valence-corrected chi connectivity index (χ2v) is 8.49. The van der Waals surface area contributed by atoms with E-state index in [-0.39, 0.29) is 30.2 Å². The molecule has 1 aliphatic heterocycles. The van der Waals surface area contributed by atoms with E-state index < -0.39 is 12.6 Å². The average Bonchev–Trinajstić information content (AvgIpc) is 2.86. The molecule has 0 fully saturated rings. The van der Waals surface area contributed by atoms with Crippen molar-refractivity contribution in [3.8, 4) is 11.5 Å². The fraction of sp³-hybridized carbons (Fsp3) is 0.375. The molecular formula is C24H28N2O7S. The van der Waals surface area contributed by atoms with Gasteiger partial charge in [0.05, 0.1) is 24.5 Å². The van der Waals surface area contributed by atoms with Crippen molar-refractivity contribution in [2.45, 2.75) is 11.0 Å². The molecule has 0 saturated heterocycles. The second kappa shape index (κ2) is 12.9. The molecule has 3 rings (SSSR count).